The van der Waals surface area contributed by atoms with Gasteiger partial charge in [-0.1, -0.05) is 13.3 Å². The number of hydrogen-bond donors (Lipinski definition) is 1. The first kappa shape index (κ1) is 18.0. The van der Waals surface area contributed by atoms with Gasteiger partial charge in [0.1, 0.15) is 0 Å². The Kier molecular flexibility index (Phi) is 5.88. The van der Waals surface area contributed by atoms with Crippen LogP contribution in [0, 0.1) is 10.1 Å². The quantitative estimate of drug-likeness (QED) is 0.639. The highest BCUT2D eigenvalue weighted by Gasteiger charge is 2.22. The molecule has 0 amide bonds. The van der Waals surface area contributed by atoms with E-state index in [1.54, 1.807) is 0 Å². The molecule has 1 heterocycles. The van der Waals surface area contributed by atoms with Gasteiger partial charge in [-0.3, -0.25) is 10.1 Å². The predicted octanol–water partition coefficient (Wildman–Crippen LogP) is 2.35. The lowest BCUT2D eigenvalue weighted by Crippen LogP contribution is -2.30. The Hall–Kier alpha value is -1.32. The number of nitro benzene ring substituents is 1. The fourth-order valence-electron chi connectivity index (χ4n) is 2.73. The summed E-state index contributed by atoms with van der Waals surface area (Å²) < 4.78 is 23.2. The van der Waals surface area contributed by atoms with E-state index in [2.05, 4.69) is 6.92 Å². The van der Waals surface area contributed by atoms with Crippen molar-refractivity contribution in [1.82, 2.24) is 0 Å². The van der Waals surface area contributed by atoms with Gasteiger partial charge < -0.3 is 4.90 Å². The highest BCUT2D eigenvalue weighted by atomic mass is 32.2. The van der Waals surface area contributed by atoms with Gasteiger partial charge in [0.25, 0.3) is 5.69 Å². The molecule has 0 aromatic heterocycles. The maximum Gasteiger partial charge on any atom is 0.272 e. The van der Waals surface area contributed by atoms with Gasteiger partial charge in [-0.25, -0.2) is 13.6 Å². The molecule has 2 N–H and O–H groups in total. The minimum atomic E-state index is -3.99. The molecule has 23 heavy (non-hydrogen) atoms. The second-order valence-electron chi connectivity index (χ2n) is 5.51. The fraction of sp³-hybridized carbons (Fsp3) is 0.571. The molecule has 0 spiro atoms. The smallest absolute Gasteiger partial charge is 0.272 e. The predicted molar refractivity (Wildman–Crippen MR) is 92.5 cm³/mol. The van der Waals surface area contributed by atoms with E-state index >= 15 is 0 Å². The molecule has 1 aromatic rings. The summed E-state index contributed by atoms with van der Waals surface area (Å²) >= 11 is 1.87. The van der Waals surface area contributed by atoms with Crippen LogP contribution in [0.2, 0.25) is 0 Å². The van der Waals surface area contributed by atoms with Crippen LogP contribution in [0.25, 0.3) is 0 Å². The Morgan fingerprint density at radius 1 is 1.39 bits per heavy atom. The maximum absolute atomic E-state index is 11.6. The molecule has 1 atom stereocenters. The van der Waals surface area contributed by atoms with Crippen LogP contribution in [0.4, 0.5) is 11.4 Å². The average molecular weight is 359 g/mol. The lowest BCUT2D eigenvalue weighted by atomic mass is 10.2. The van der Waals surface area contributed by atoms with Gasteiger partial charge in [0, 0.05) is 36.2 Å². The minimum absolute atomic E-state index is 0.217. The molecular formula is C14H21N3O4S2. The Labute approximate surface area is 140 Å². The van der Waals surface area contributed by atoms with Crippen molar-refractivity contribution < 1.29 is 13.3 Å². The van der Waals surface area contributed by atoms with Crippen molar-refractivity contribution in [3.63, 3.8) is 0 Å². The minimum Gasteiger partial charge on any atom is -0.370 e. The topological polar surface area (TPSA) is 107 Å². The Morgan fingerprint density at radius 2 is 2.13 bits per heavy atom. The van der Waals surface area contributed by atoms with Crippen LogP contribution >= 0.6 is 11.8 Å². The largest absolute Gasteiger partial charge is 0.370 e. The van der Waals surface area contributed by atoms with Crippen LogP contribution in [-0.4, -0.2) is 37.4 Å². The summed E-state index contributed by atoms with van der Waals surface area (Å²) in [7, 11) is -3.99. The monoisotopic (exact) mass is 359 g/mol. The van der Waals surface area contributed by atoms with E-state index in [9.17, 15) is 18.5 Å². The number of nitrogens with zero attached hydrogens (tertiary/aromatic N) is 2. The number of sulfonamides is 1. The summed E-state index contributed by atoms with van der Waals surface area (Å²) in [6.45, 7) is 3.61. The van der Waals surface area contributed by atoms with Gasteiger partial charge in [-0.15, -0.1) is 0 Å². The summed E-state index contributed by atoms with van der Waals surface area (Å²) in [5.74, 6) is 1.01. The molecule has 1 aliphatic rings. The van der Waals surface area contributed by atoms with Gasteiger partial charge >= 0.3 is 0 Å². The van der Waals surface area contributed by atoms with E-state index in [0.29, 0.717) is 10.9 Å². The summed E-state index contributed by atoms with van der Waals surface area (Å²) in [6, 6.07) is 3.87. The number of non-ortho nitro benzene ring substituents is 1. The zero-order valence-corrected chi connectivity index (χ0v) is 14.6. The van der Waals surface area contributed by atoms with E-state index in [1.165, 1.54) is 12.1 Å². The van der Waals surface area contributed by atoms with E-state index < -0.39 is 14.9 Å². The van der Waals surface area contributed by atoms with Crippen LogP contribution in [0.1, 0.15) is 26.2 Å². The Morgan fingerprint density at radius 3 is 2.74 bits per heavy atom. The van der Waals surface area contributed by atoms with Gasteiger partial charge in [0.15, 0.2) is 0 Å². The molecule has 1 aliphatic heterocycles. The standard InChI is InChI=1S/C14H21N3O4S2/c1-2-22-13-5-3-4-6-16(10-13)11-7-12(17(18)19)9-14(8-11)23(15,20)21/h7-9,13H,2-6,10H2,1H3,(H2,15,20,21). The summed E-state index contributed by atoms with van der Waals surface area (Å²) in [6.07, 6.45) is 3.19. The van der Waals surface area contributed by atoms with Gasteiger partial charge in [-0.2, -0.15) is 11.8 Å². The number of benzene rings is 1. The molecule has 7 nitrogen and oxygen atoms in total. The van der Waals surface area contributed by atoms with E-state index in [-0.39, 0.29) is 10.6 Å². The van der Waals surface area contributed by atoms with Crippen LogP contribution < -0.4 is 10.0 Å². The molecule has 2 rings (SSSR count). The number of rotatable bonds is 5. The molecule has 1 unspecified atom stereocenters. The lowest BCUT2D eigenvalue weighted by Gasteiger charge is -2.26. The van der Waals surface area contributed by atoms with Crippen molar-refractivity contribution in [3.8, 4) is 0 Å². The Balaban J connectivity index is 2.40. The maximum atomic E-state index is 11.6. The molecule has 1 saturated heterocycles. The van der Waals surface area contributed by atoms with Crippen molar-refractivity contribution >= 4 is 33.2 Å². The van der Waals surface area contributed by atoms with E-state index in [4.69, 9.17) is 5.14 Å². The number of primary sulfonamides is 1. The van der Waals surface area contributed by atoms with Crippen molar-refractivity contribution in [2.75, 3.05) is 23.7 Å². The van der Waals surface area contributed by atoms with Crippen molar-refractivity contribution in [1.29, 1.82) is 0 Å². The summed E-state index contributed by atoms with van der Waals surface area (Å²) in [4.78, 5) is 12.3. The van der Waals surface area contributed by atoms with E-state index in [0.717, 1.165) is 44.2 Å². The summed E-state index contributed by atoms with van der Waals surface area (Å²) in [5.41, 5.74) is 0.294. The Bertz CT molecular complexity index is 679. The molecule has 128 valence electrons. The first-order chi connectivity index (χ1) is 10.8. The van der Waals surface area contributed by atoms with Crippen LogP contribution in [0.5, 0.6) is 0 Å². The van der Waals surface area contributed by atoms with Gasteiger partial charge in [-0.05, 0) is 24.7 Å². The number of nitrogens with two attached hydrogens (primary N) is 1. The molecule has 0 bridgehead atoms. The van der Waals surface area contributed by atoms with Crippen LogP contribution in [-0.2, 0) is 10.0 Å². The second kappa shape index (κ2) is 7.50. The number of nitro groups is 1. The molecule has 9 heteroatoms. The first-order valence-corrected chi connectivity index (χ1v) is 10.1. The highest BCUT2D eigenvalue weighted by molar-refractivity contribution is 7.99. The molecule has 0 saturated carbocycles. The molecule has 0 radical (unpaired) electrons. The van der Waals surface area contributed by atoms with E-state index in [1.807, 2.05) is 16.7 Å². The molecule has 1 fully saturated rings. The van der Waals surface area contributed by atoms with Crippen LogP contribution in [0.15, 0.2) is 23.1 Å². The second-order valence-corrected chi connectivity index (χ2v) is 8.65. The lowest BCUT2D eigenvalue weighted by molar-refractivity contribution is -0.385. The SMILES string of the molecule is CCSC1CCCCN(c2cc([N+](=O)[O-])cc(S(N)(=O)=O)c2)C1. The zero-order valence-electron chi connectivity index (χ0n) is 13.0. The third kappa shape index (κ3) is 4.82. The fourth-order valence-corrected chi connectivity index (χ4v) is 4.39. The van der Waals surface area contributed by atoms with Crippen LogP contribution in [0.3, 0.4) is 0 Å². The summed E-state index contributed by atoms with van der Waals surface area (Å²) in [5, 5.41) is 16.7. The molecule has 1 aromatic carbocycles. The molecular weight excluding hydrogens is 338 g/mol. The number of hydrogen-bond acceptors (Lipinski definition) is 6. The third-order valence-electron chi connectivity index (χ3n) is 3.81. The average Bonchev–Trinajstić information content (AvgIpc) is 2.72. The van der Waals surface area contributed by atoms with Gasteiger partial charge in [0.2, 0.25) is 10.0 Å². The highest BCUT2D eigenvalue weighted by Crippen LogP contribution is 2.30. The normalized spacial score (nSPS) is 19.4. The zero-order chi connectivity index (χ0) is 17.0. The van der Waals surface area contributed by atoms with Crippen molar-refractivity contribution in [2.24, 2.45) is 5.14 Å². The number of thioether (sulfide) groups is 1. The van der Waals surface area contributed by atoms with Gasteiger partial charge in [0.05, 0.1) is 9.82 Å². The number of anilines is 1. The third-order valence-corrected chi connectivity index (χ3v) is 5.89. The van der Waals surface area contributed by atoms with Crippen molar-refractivity contribution in [3.05, 3.63) is 28.3 Å². The van der Waals surface area contributed by atoms with Crippen molar-refractivity contribution in [2.45, 2.75) is 36.3 Å². The molecule has 0 aliphatic carbocycles. The first-order valence-electron chi connectivity index (χ1n) is 7.50.